The number of hydrogen-bond donors (Lipinski definition) is 0. The van der Waals surface area contributed by atoms with Gasteiger partial charge in [0, 0.05) is 0 Å². The molecule has 0 bridgehead atoms. The van der Waals surface area contributed by atoms with E-state index in [1.165, 1.54) is 0 Å². The average molecular weight is 359 g/mol. The van der Waals surface area contributed by atoms with Crippen molar-refractivity contribution in [2.45, 2.75) is 45.0 Å². The van der Waals surface area contributed by atoms with E-state index < -0.39 is 41.5 Å². The molecule has 1 heterocycles. The largest absolute Gasteiger partial charge is 0.443 e. The molecule has 1 aliphatic rings. The maximum atomic E-state index is 12.7. The molecule has 1 aromatic carbocycles. The molecule has 1 saturated heterocycles. The zero-order chi connectivity index (χ0) is 19.0. The number of alkyl halides is 3. The van der Waals surface area contributed by atoms with Crippen LogP contribution in [0.15, 0.2) is 24.3 Å². The van der Waals surface area contributed by atoms with Crippen LogP contribution in [0.4, 0.5) is 22.8 Å². The Hall–Kier alpha value is -2.58. The second kappa shape index (κ2) is 6.38. The van der Waals surface area contributed by atoms with Crippen LogP contribution < -0.4 is 0 Å². The Labute approximate surface area is 141 Å². The molecule has 0 spiro atoms. The fraction of sp³-hybridized carbons (Fsp3) is 0.438. The van der Waals surface area contributed by atoms with Gasteiger partial charge in [0.2, 0.25) is 0 Å². The lowest BCUT2D eigenvalue weighted by Crippen LogP contribution is -2.48. The number of halogens is 3. The van der Waals surface area contributed by atoms with Crippen LogP contribution in [0.2, 0.25) is 0 Å². The molecular weight excluding hydrogens is 343 g/mol. The summed E-state index contributed by atoms with van der Waals surface area (Å²) in [5.74, 6) is -0.880. The zero-order valence-corrected chi connectivity index (χ0v) is 13.7. The third-order valence-electron chi connectivity index (χ3n) is 3.28. The van der Waals surface area contributed by atoms with Crippen molar-refractivity contribution >= 4 is 18.2 Å². The first kappa shape index (κ1) is 18.8. The van der Waals surface area contributed by atoms with Crippen LogP contribution >= 0.6 is 0 Å². The van der Waals surface area contributed by atoms with Gasteiger partial charge in [-0.2, -0.15) is 13.2 Å². The van der Waals surface area contributed by atoms with Gasteiger partial charge in [0.1, 0.15) is 5.60 Å². The molecule has 25 heavy (non-hydrogen) atoms. The summed E-state index contributed by atoms with van der Waals surface area (Å²) < 4.78 is 47.5. The van der Waals surface area contributed by atoms with Crippen molar-refractivity contribution in [3.8, 4) is 0 Å². The molecule has 1 aromatic rings. The van der Waals surface area contributed by atoms with E-state index in [1.807, 2.05) is 0 Å². The maximum absolute atomic E-state index is 12.7. The number of carbonyl (C=O) groups excluding carboxylic acids is 3. The molecule has 0 N–H and O–H groups in total. The van der Waals surface area contributed by atoms with Crippen molar-refractivity contribution in [2.24, 2.45) is 0 Å². The Bertz CT molecular complexity index is 691. The third-order valence-corrected chi connectivity index (χ3v) is 3.28. The fourth-order valence-electron chi connectivity index (χ4n) is 2.24. The number of nitrogens with zero attached hydrogens (tertiary/aromatic N) is 1. The lowest BCUT2D eigenvalue weighted by atomic mass is 10.00. The van der Waals surface area contributed by atoms with E-state index in [0.717, 1.165) is 24.3 Å². The normalized spacial score (nSPS) is 18.8. The van der Waals surface area contributed by atoms with Gasteiger partial charge in [0.15, 0.2) is 0 Å². The van der Waals surface area contributed by atoms with Crippen molar-refractivity contribution in [3.05, 3.63) is 35.4 Å². The van der Waals surface area contributed by atoms with Crippen LogP contribution in [0.3, 0.4) is 0 Å². The van der Waals surface area contributed by atoms with E-state index in [1.54, 1.807) is 20.8 Å². The highest BCUT2D eigenvalue weighted by Gasteiger charge is 2.42. The van der Waals surface area contributed by atoms with E-state index in [0.29, 0.717) is 4.90 Å². The summed E-state index contributed by atoms with van der Waals surface area (Å²) in [6.45, 7) is 4.75. The van der Waals surface area contributed by atoms with E-state index in [-0.39, 0.29) is 12.0 Å². The van der Waals surface area contributed by atoms with Gasteiger partial charge >= 0.3 is 24.3 Å². The SMILES string of the molecule is CC(C)(C)OC(=O)N1C(=O)OC(=O)C[C@@H]1c1ccc(C(F)(F)F)cc1. The van der Waals surface area contributed by atoms with E-state index >= 15 is 0 Å². The number of esters is 1. The standard InChI is InChI=1S/C16H16F3NO5/c1-15(2,3)25-14(23)20-11(8-12(21)24-13(20)22)9-4-6-10(7-5-9)16(17,18)19/h4-7,11H,8H2,1-3H3/t11-/m1/s1. The molecule has 0 unspecified atom stereocenters. The monoisotopic (exact) mass is 359 g/mol. The van der Waals surface area contributed by atoms with Gasteiger partial charge in [-0.15, -0.1) is 0 Å². The molecular formula is C16H16F3NO5. The van der Waals surface area contributed by atoms with Gasteiger partial charge in [0.25, 0.3) is 0 Å². The smallest absolute Gasteiger partial charge is 0.427 e. The highest BCUT2D eigenvalue weighted by Crippen LogP contribution is 2.34. The molecule has 1 fully saturated rings. The fourth-order valence-corrected chi connectivity index (χ4v) is 2.24. The van der Waals surface area contributed by atoms with Crippen molar-refractivity contribution in [1.82, 2.24) is 4.90 Å². The summed E-state index contributed by atoms with van der Waals surface area (Å²) in [5, 5.41) is 0. The number of carbonyl (C=O) groups is 3. The minimum atomic E-state index is -4.52. The van der Waals surface area contributed by atoms with Gasteiger partial charge in [-0.05, 0) is 38.5 Å². The highest BCUT2D eigenvalue weighted by molar-refractivity contribution is 5.97. The number of amides is 2. The number of cyclic esters (lactones) is 2. The van der Waals surface area contributed by atoms with E-state index in [9.17, 15) is 27.6 Å². The van der Waals surface area contributed by atoms with Crippen molar-refractivity contribution in [3.63, 3.8) is 0 Å². The van der Waals surface area contributed by atoms with Gasteiger partial charge < -0.3 is 9.47 Å². The predicted octanol–water partition coefficient (Wildman–Crippen LogP) is 4.05. The Morgan fingerprint density at radius 1 is 1.16 bits per heavy atom. The van der Waals surface area contributed by atoms with Crippen LogP contribution in [0.1, 0.15) is 44.4 Å². The molecule has 1 atom stereocenters. The number of hydrogen-bond acceptors (Lipinski definition) is 5. The van der Waals surface area contributed by atoms with E-state index in [4.69, 9.17) is 4.74 Å². The third kappa shape index (κ3) is 4.49. The summed E-state index contributed by atoms with van der Waals surface area (Å²) in [4.78, 5) is 36.3. The molecule has 1 aliphatic heterocycles. The topological polar surface area (TPSA) is 72.9 Å². The van der Waals surface area contributed by atoms with Gasteiger partial charge in [-0.3, -0.25) is 4.79 Å². The molecule has 0 aromatic heterocycles. The molecule has 0 aliphatic carbocycles. The quantitative estimate of drug-likeness (QED) is 0.559. The van der Waals surface area contributed by atoms with Crippen LogP contribution in [-0.2, 0) is 20.4 Å². The van der Waals surface area contributed by atoms with Crippen LogP contribution in [0.5, 0.6) is 0 Å². The van der Waals surface area contributed by atoms with Crippen molar-refractivity contribution in [2.75, 3.05) is 0 Å². The predicted molar refractivity (Wildman–Crippen MR) is 78.4 cm³/mol. The molecule has 0 radical (unpaired) electrons. The first-order chi connectivity index (χ1) is 11.4. The average Bonchev–Trinajstić information content (AvgIpc) is 2.43. The van der Waals surface area contributed by atoms with Crippen LogP contribution in [-0.4, -0.2) is 28.7 Å². The molecule has 2 amide bonds. The Morgan fingerprint density at radius 3 is 2.20 bits per heavy atom. The minimum Gasteiger partial charge on any atom is -0.443 e. The summed E-state index contributed by atoms with van der Waals surface area (Å²) in [6.07, 6.45) is -7.17. The van der Waals surface area contributed by atoms with Crippen molar-refractivity contribution in [1.29, 1.82) is 0 Å². The highest BCUT2D eigenvalue weighted by atomic mass is 19.4. The molecule has 6 nitrogen and oxygen atoms in total. The molecule has 0 saturated carbocycles. The lowest BCUT2D eigenvalue weighted by Gasteiger charge is -2.33. The summed E-state index contributed by atoms with van der Waals surface area (Å²) in [7, 11) is 0. The molecule has 136 valence electrons. The first-order valence-electron chi connectivity index (χ1n) is 7.32. The van der Waals surface area contributed by atoms with Crippen LogP contribution in [0.25, 0.3) is 0 Å². The maximum Gasteiger partial charge on any atom is 0.427 e. The Morgan fingerprint density at radius 2 is 1.72 bits per heavy atom. The number of ether oxygens (including phenoxy) is 2. The Kier molecular flexibility index (Phi) is 4.79. The second-order valence-electron chi connectivity index (χ2n) is 6.43. The summed E-state index contributed by atoms with van der Waals surface area (Å²) in [6, 6.07) is 2.74. The van der Waals surface area contributed by atoms with Gasteiger partial charge in [-0.25, -0.2) is 14.5 Å². The number of rotatable bonds is 1. The zero-order valence-electron chi connectivity index (χ0n) is 13.7. The lowest BCUT2D eigenvalue weighted by molar-refractivity contribution is -0.143. The van der Waals surface area contributed by atoms with Gasteiger partial charge in [0.05, 0.1) is 18.0 Å². The summed E-state index contributed by atoms with van der Waals surface area (Å²) in [5.41, 5.74) is -1.61. The first-order valence-corrected chi connectivity index (χ1v) is 7.32. The second-order valence-corrected chi connectivity index (χ2v) is 6.43. The number of benzene rings is 1. The molecule has 9 heteroatoms. The van der Waals surface area contributed by atoms with E-state index in [2.05, 4.69) is 4.74 Å². The minimum absolute atomic E-state index is 0.184. The van der Waals surface area contributed by atoms with Crippen LogP contribution in [0, 0.1) is 0 Å². The number of imide groups is 1. The molecule has 2 rings (SSSR count). The van der Waals surface area contributed by atoms with Gasteiger partial charge in [-0.1, -0.05) is 12.1 Å². The summed E-state index contributed by atoms with van der Waals surface area (Å²) >= 11 is 0. The Balaban J connectivity index is 2.35. The van der Waals surface area contributed by atoms with Crippen molar-refractivity contribution < 1.29 is 37.0 Å².